The zero-order valence-corrected chi connectivity index (χ0v) is 8.38. The van der Waals surface area contributed by atoms with Gasteiger partial charge in [0.05, 0.1) is 28.4 Å². The Balaban J connectivity index is 2.80. The molecule has 0 unspecified atom stereocenters. The van der Waals surface area contributed by atoms with E-state index in [9.17, 15) is 4.79 Å². The highest BCUT2D eigenvalue weighted by atomic mass is 35.5. The average molecular weight is 220 g/mol. The van der Waals surface area contributed by atoms with Crippen LogP contribution in [0.4, 0.5) is 0 Å². The number of hydrogen-bond acceptors (Lipinski definition) is 3. The van der Waals surface area contributed by atoms with Gasteiger partial charge in [0.1, 0.15) is 5.82 Å². The zero-order chi connectivity index (χ0) is 10.8. The number of nitrogens with zero attached hydrogens (tertiary/aromatic N) is 2. The number of aromatic nitrogens is 2. The first kappa shape index (κ1) is 9.69. The van der Waals surface area contributed by atoms with Crippen LogP contribution >= 0.6 is 11.6 Å². The third kappa shape index (κ3) is 1.69. The minimum Gasteiger partial charge on any atom is -0.342 e. The molecule has 0 spiro atoms. The Kier molecular flexibility index (Phi) is 2.40. The molecule has 74 valence electrons. The third-order valence-corrected chi connectivity index (χ3v) is 2.30. The highest BCUT2D eigenvalue weighted by Crippen LogP contribution is 2.17. The molecular weight excluding hydrogens is 214 g/mol. The van der Waals surface area contributed by atoms with Crippen LogP contribution in [-0.4, -0.2) is 9.97 Å². The summed E-state index contributed by atoms with van der Waals surface area (Å²) in [6.45, 7) is 0. The van der Waals surface area contributed by atoms with Gasteiger partial charge in [0.2, 0.25) is 0 Å². The van der Waals surface area contributed by atoms with Crippen LogP contribution in [0.5, 0.6) is 0 Å². The van der Waals surface area contributed by atoms with E-state index in [0.717, 1.165) is 0 Å². The molecule has 0 fully saturated rings. The Morgan fingerprint density at radius 1 is 1.53 bits per heavy atom. The minimum absolute atomic E-state index is 0.0810. The number of aromatic amines is 1. The lowest BCUT2D eigenvalue weighted by Gasteiger charge is -2.00. The molecule has 1 N–H and O–H groups in total. The highest BCUT2D eigenvalue weighted by Gasteiger charge is 2.06. The largest absolute Gasteiger partial charge is 0.342 e. The maximum atomic E-state index is 11.6. The van der Waals surface area contributed by atoms with Gasteiger partial charge in [0.25, 0.3) is 5.56 Å². The predicted octanol–water partition coefficient (Wildman–Crippen LogP) is 1.64. The van der Waals surface area contributed by atoms with Crippen LogP contribution in [0.15, 0.2) is 23.0 Å². The molecule has 2 aromatic rings. The number of halogens is 1. The van der Waals surface area contributed by atoms with Crippen molar-refractivity contribution in [2.24, 2.45) is 0 Å². The number of rotatable bonds is 1. The van der Waals surface area contributed by atoms with Gasteiger partial charge in [-0.25, -0.2) is 0 Å². The quantitative estimate of drug-likeness (QED) is 0.793. The van der Waals surface area contributed by atoms with Crippen molar-refractivity contribution in [2.75, 3.05) is 0 Å². The molecule has 0 bridgehead atoms. The second-order valence-corrected chi connectivity index (χ2v) is 3.39. The van der Waals surface area contributed by atoms with Crippen molar-refractivity contribution in [1.82, 2.24) is 9.97 Å². The molecular formula is C10H6ClN3O. The van der Waals surface area contributed by atoms with Crippen LogP contribution in [0.1, 0.15) is 5.82 Å². The SMILES string of the molecule is N#CCc1nc(=O)c2c(Cl)cccc2[nH]1. The Bertz CT molecular complexity index is 612. The third-order valence-electron chi connectivity index (χ3n) is 1.99. The van der Waals surface area contributed by atoms with Gasteiger partial charge in [0, 0.05) is 0 Å². The molecule has 1 aromatic carbocycles. The van der Waals surface area contributed by atoms with Crippen molar-refractivity contribution in [3.8, 4) is 6.07 Å². The summed E-state index contributed by atoms with van der Waals surface area (Å²) in [5.74, 6) is 0.359. The molecule has 0 atom stereocenters. The molecule has 0 saturated heterocycles. The van der Waals surface area contributed by atoms with Gasteiger partial charge < -0.3 is 4.98 Å². The Hall–Kier alpha value is -1.86. The van der Waals surface area contributed by atoms with Crippen molar-refractivity contribution in [1.29, 1.82) is 5.26 Å². The average Bonchev–Trinajstić information content (AvgIpc) is 2.17. The molecule has 15 heavy (non-hydrogen) atoms. The molecule has 1 heterocycles. The van der Waals surface area contributed by atoms with Crippen LogP contribution < -0.4 is 5.56 Å². The zero-order valence-electron chi connectivity index (χ0n) is 7.62. The Labute approximate surface area is 90.1 Å². The van der Waals surface area contributed by atoms with Crippen LogP contribution in [0.25, 0.3) is 10.9 Å². The molecule has 0 amide bonds. The lowest BCUT2D eigenvalue weighted by molar-refractivity contribution is 1.00. The summed E-state index contributed by atoms with van der Waals surface area (Å²) < 4.78 is 0. The van der Waals surface area contributed by atoms with Crippen molar-refractivity contribution < 1.29 is 0 Å². The van der Waals surface area contributed by atoms with Gasteiger partial charge >= 0.3 is 0 Å². The summed E-state index contributed by atoms with van der Waals surface area (Å²) in [7, 11) is 0. The van der Waals surface area contributed by atoms with Crippen molar-refractivity contribution >= 4 is 22.5 Å². The van der Waals surface area contributed by atoms with Crippen molar-refractivity contribution in [3.63, 3.8) is 0 Å². The van der Waals surface area contributed by atoms with E-state index >= 15 is 0 Å². The van der Waals surface area contributed by atoms with E-state index in [4.69, 9.17) is 16.9 Å². The number of H-pyrrole nitrogens is 1. The van der Waals surface area contributed by atoms with Gasteiger partial charge in [-0.15, -0.1) is 0 Å². The summed E-state index contributed by atoms with van der Waals surface area (Å²) in [6, 6.07) is 7.01. The van der Waals surface area contributed by atoms with E-state index in [2.05, 4.69) is 9.97 Å². The van der Waals surface area contributed by atoms with Gasteiger partial charge in [0.15, 0.2) is 0 Å². The van der Waals surface area contributed by atoms with Crippen molar-refractivity contribution in [3.05, 3.63) is 39.4 Å². The smallest absolute Gasteiger partial charge is 0.282 e. The summed E-state index contributed by atoms with van der Waals surface area (Å²) >= 11 is 5.87. The highest BCUT2D eigenvalue weighted by molar-refractivity contribution is 6.35. The first-order valence-electron chi connectivity index (χ1n) is 4.27. The monoisotopic (exact) mass is 219 g/mol. The Morgan fingerprint density at radius 2 is 2.33 bits per heavy atom. The van der Waals surface area contributed by atoms with E-state index in [1.807, 2.05) is 6.07 Å². The molecule has 0 saturated carbocycles. The maximum Gasteiger partial charge on any atom is 0.282 e. The molecule has 4 nitrogen and oxygen atoms in total. The van der Waals surface area contributed by atoms with Gasteiger partial charge in [-0.05, 0) is 12.1 Å². The lowest BCUT2D eigenvalue weighted by atomic mass is 10.2. The van der Waals surface area contributed by atoms with Crippen LogP contribution in [0.2, 0.25) is 5.02 Å². The topological polar surface area (TPSA) is 69.5 Å². The molecule has 0 aliphatic carbocycles. The van der Waals surface area contributed by atoms with E-state index in [1.165, 1.54) is 0 Å². The number of nitrogens with one attached hydrogen (secondary N) is 1. The number of nitriles is 1. The minimum atomic E-state index is -0.403. The first-order valence-corrected chi connectivity index (χ1v) is 4.64. The molecule has 2 rings (SSSR count). The van der Waals surface area contributed by atoms with E-state index in [0.29, 0.717) is 21.7 Å². The standard InChI is InChI=1S/C10H6ClN3O/c11-6-2-1-3-7-9(6)10(15)14-8(13-7)4-5-12/h1-3H,4H2,(H,13,14,15). The normalized spacial score (nSPS) is 10.1. The molecule has 5 heteroatoms. The molecule has 0 aliphatic rings. The van der Waals surface area contributed by atoms with E-state index in [1.54, 1.807) is 18.2 Å². The second kappa shape index (κ2) is 3.71. The summed E-state index contributed by atoms with van der Waals surface area (Å²) in [5, 5.41) is 9.23. The number of hydrogen-bond donors (Lipinski definition) is 1. The fourth-order valence-corrected chi connectivity index (χ4v) is 1.62. The summed E-state index contributed by atoms with van der Waals surface area (Å²) in [6.07, 6.45) is 0.0810. The molecule has 0 aliphatic heterocycles. The number of benzene rings is 1. The summed E-state index contributed by atoms with van der Waals surface area (Å²) in [4.78, 5) is 18.2. The fourth-order valence-electron chi connectivity index (χ4n) is 1.37. The lowest BCUT2D eigenvalue weighted by Crippen LogP contribution is -2.11. The maximum absolute atomic E-state index is 11.6. The van der Waals surface area contributed by atoms with Gasteiger partial charge in [-0.2, -0.15) is 10.2 Å². The fraction of sp³-hybridized carbons (Fsp3) is 0.100. The van der Waals surface area contributed by atoms with Crippen molar-refractivity contribution in [2.45, 2.75) is 6.42 Å². The van der Waals surface area contributed by atoms with E-state index < -0.39 is 5.56 Å². The van der Waals surface area contributed by atoms with E-state index in [-0.39, 0.29) is 6.42 Å². The number of fused-ring (bicyclic) bond motifs is 1. The first-order chi connectivity index (χ1) is 7.22. The van der Waals surface area contributed by atoms with Crippen LogP contribution in [-0.2, 0) is 6.42 Å². The molecule has 0 radical (unpaired) electrons. The predicted molar refractivity (Wildman–Crippen MR) is 56.7 cm³/mol. The Morgan fingerprint density at radius 3 is 3.07 bits per heavy atom. The van der Waals surface area contributed by atoms with Gasteiger partial charge in [-0.3, -0.25) is 4.79 Å². The second-order valence-electron chi connectivity index (χ2n) is 2.99. The summed E-state index contributed by atoms with van der Waals surface area (Å²) in [5.41, 5.74) is 0.201. The molecule has 1 aromatic heterocycles. The van der Waals surface area contributed by atoms with Crippen LogP contribution in [0, 0.1) is 11.3 Å². The van der Waals surface area contributed by atoms with Gasteiger partial charge in [-0.1, -0.05) is 17.7 Å². The van der Waals surface area contributed by atoms with Crippen LogP contribution in [0.3, 0.4) is 0 Å².